The highest BCUT2D eigenvalue weighted by Gasteiger charge is 2.25. The van der Waals surface area contributed by atoms with Gasteiger partial charge in [-0.3, -0.25) is 0 Å². The van der Waals surface area contributed by atoms with Gasteiger partial charge < -0.3 is 29.5 Å². The maximum atomic E-state index is 12.2. The van der Waals surface area contributed by atoms with E-state index in [9.17, 15) is 9.59 Å². The number of hydrogen-bond acceptors (Lipinski definition) is 6. The van der Waals surface area contributed by atoms with Crippen molar-refractivity contribution in [2.45, 2.75) is 118 Å². The summed E-state index contributed by atoms with van der Waals surface area (Å²) in [5.74, 6) is 0. The highest BCUT2D eigenvalue weighted by atomic mass is 79.9. The molecular formula is C40H65BrN4O4. The standard InChI is InChI=1S/C20H32N2O2.C10H13Br.C10H20N2O2/c1-19(2,3)16-8-10-17(11-9-16)21-12-7-13-22(15-14-21)18(23)24-20(4,5)6;1-10(2,3)8-4-6-9(11)7-5-8;1-10(2,3)14-9(13)12-7-4-5-11-6-8-12/h8-11H,7,12-15H2,1-6H3;4-7H,1-3H3;11H,4-8H2,1-3H3. The van der Waals surface area contributed by atoms with Crippen LogP contribution in [0.5, 0.6) is 0 Å². The number of carbonyl (C=O) groups is 2. The lowest BCUT2D eigenvalue weighted by molar-refractivity contribution is 0.0252. The molecule has 1 N–H and O–H groups in total. The molecule has 9 heteroatoms. The minimum atomic E-state index is -0.439. The fraction of sp³-hybridized carbons (Fsp3) is 0.650. The summed E-state index contributed by atoms with van der Waals surface area (Å²) in [6.07, 6.45) is 1.56. The highest BCUT2D eigenvalue weighted by molar-refractivity contribution is 9.10. The molecule has 2 saturated heterocycles. The molecule has 0 unspecified atom stereocenters. The molecule has 0 radical (unpaired) electrons. The Labute approximate surface area is 306 Å². The zero-order valence-electron chi connectivity index (χ0n) is 32.5. The van der Waals surface area contributed by atoms with Gasteiger partial charge in [-0.15, -0.1) is 0 Å². The van der Waals surface area contributed by atoms with Gasteiger partial charge in [-0.2, -0.15) is 0 Å². The molecular weight excluding hydrogens is 680 g/mol. The fourth-order valence-electron chi connectivity index (χ4n) is 5.16. The summed E-state index contributed by atoms with van der Waals surface area (Å²) in [7, 11) is 0. The Hall–Kier alpha value is -2.78. The van der Waals surface area contributed by atoms with Gasteiger partial charge in [-0.05, 0) is 107 Å². The fourth-order valence-corrected chi connectivity index (χ4v) is 5.43. The van der Waals surface area contributed by atoms with E-state index in [1.807, 2.05) is 46.4 Å². The lowest BCUT2D eigenvalue weighted by Gasteiger charge is -2.27. The van der Waals surface area contributed by atoms with Gasteiger partial charge in [0.2, 0.25) is 0 Å². The molecule has 49 heavy (non-hydrogen) atoms. The smallest absolute Gasteiger partial charge is 0.410 e. The zero-order valence-corrected chi connectivity index (χ0v) is 34.1. The molecule has 2 aromatic carbocycles. The monoisotopic (exact) mass is 744 g/mol. The number of amides is 2. The van der Waals surface area contributed by atoms with Gasteiger partial charge in [0.05, 0.1) is 0 Å². The molecule has 0 atom stereocenters. The van der Waals surface area contributed by atoms with Gasteiger partial charge in [0.25, 0.3) is 0 Å². The van der Waals surface area contributed by atoms with Crippen molar-refractivity contribution in [2.24, 2.45) is 0 Å². The zero-order chi connectivity index (χ0) is 37.0. The van der Waals surface area contributed by atoms with Crippen LogP contribution in [0.4, 0.5) is 15.3 Å². The maximum Gasteiger partial charge on any atom is 0.410 e. The van der Waals surface area contributed by atoms with E-state index in [4.69, 9.17) is 9.47 Å². The molecule has 0 spiro atoms. The van der Waals surface area contributed by atoms with Crippen molar-refractivity contribution >= 4 is 33.8 Å². The first-order chi connectivity index (χ1) is 22.5. The number of ether oxygens (including phenoxy) is 2. The number of carbonyl (C=O) groups excluding carboxylic acids is 2. The second-order valence-electron chi connectivity index (χ2n) is 16.9. The number of nitrogens with zero attached hydrogens (tertiary/aromatic N) is 3. The average Bonchev–Trinajstić information content (AvgIpc) is 3.40. The van der Waals surface area contributed by atoms with Crippen molar-refractivity contribution in [1.29, 1.82) is 0 Å². The maximum absolute atomic E-state index is 12.2. The summed E-state index contributed by atoms with van der Waals surface area (Å²) in [5, 5.41) is 3.25. The van der Waals surface area contributed by atoms with Crippen LogP contribution in [0.25, 0.3) is 0 Å². The molecule has 2 aliphatic rings. The van der Waals surface area contributed by atoms with E-state index in [0.29, 0.717) is 6.54 Å². The summed E-state index contributed by atoms with van der Waals surface area (Å²) in [4.78, 5) is 29.8. The summed E-state index contributed by atoms with van der Waals surface area (Å²) < 4.78 is 11.9. The normalized spacial score (nSPS) is 16.2. The Balaban J connectivity index is 0.000000282. The predicted molar refractivity (Wildman–Crippen MR) is 208 cm³/mol. The van der Waals surface area contributed by atoms with E-state index in [0.717, 1.165) is 63.1 Å². The second kappa shape index (κ2) is 18.5. The molecule has 2 amide bonds. The summed E-state index contributed by atoms with van der Waals surface area (Å²) in [6, 6.07) is 17.3. The topological polar surface area (TPSA) is 74.4 Å². The van der Waals surface area contributed by atoms with Crippen LogP contribution in [0.1, 0.15) is 107 Å². The van der Waals surface area contributed by atoms with E-state index >= 15 is 0 Å². The Morgan fingerprint density at radius 1 is 0.571 bits per heavy atom. The van der Waals surface area contributed by atoms with Gasteiger partial charge in [0, 0.05) is 56.0 Å². The Morgan fingerprint density at radius 3 is 1.49 bits per heavy atom. The molecule has 0 bridgehead atoms. The first kappa shape index (κ1) is 42.4. The predicted octanol–water partition coefficient (Wildman–Crippen LogP) is 9.39. The van der Waals surface area contributed by atoms with Crippen LogP contribution in [0.2, 0.25) is 0 Å². The van der Waals surface area contributed by atoms with Crippen molar-refractivity contribution in [2.75, 3.05) is 57.3 Å². The number of hydrogen-bond donors (Lipinski definition) is 1. The largest absolute Gasteiger partial charge is 0.444 e. The Morgan fingerprint density at radius 2 is 1.02 bits per heavy atom. The third-order valence-electron chi connectivity index (χ3n) is 7.95. The minimum Gasteiger partial charge on any atom is -0.444 e. The lowest BCUT2D eigenvalue weighted by atomic mass is 9.87. The van der Waals surface area contributed by atoms with Crippen LogP contribution in [-0.2, 0) is 20.3 Å². The SMILES string of the molecule is CC(C)(C)OC(=O)N1CCCN(c2ccc(C(C)(C)C)cc2)CC1.CC(C)(C)OC(=O)N1CCCNCC1.CC(C)(C)c1ccc(Br)cc1. The third-order valence-corrected chi connectivity index (χ3v) is 8.48. The van der Waals surface area contributed by atoms with Crippen LogP contribution in [0, 0.1) is 0 Å². The van der Waals surface area contributed by atoms with Crippen molar-refractivity contribution < 1.29 is 19.1 Å². The lowest BCUT2D eigenvalue weighted by Crippen LogP contribution is -2.39. The third kappa shape index (κ3) is 16.7. The first-order valence-electron chi connectivity index (χ1n) is 17.8. The number of rotatable bonds is 1. The molecule has 2 fully saturated rings. The quantitative estimate of drug-likeness (QED) is 0.314. The van der Waals surface area contributed by atoms with Crippen LogP contribution in [0.3, 0.4) is 0 Å². The summed E-state index contributed by atoms with van der Waals surface area (Å²) >= 11 is 3.41. The van der Waals surface area contributed by atoms with Gasteiger partial charge in [-0.1, -0.05) is 81.7 Å². The van der Waals surface area contributed by atoms with Gasteiger partial charge in [0.1, 0.15) is 11.2 Å². The molecule has 2 heterocycles. The number of nitrogens with one attached hydrogen (secondary N) is 1. The van der Waals surface area contributed by atoms with E-state index in [-0.39, 0.29) is 23.0 Å². The molecule has 8 nitrogen and oxygen atoms in total. The van der Waals surface area contributed by atoms with Gasteiger partial charge in [0.15, 0.2) is 0 Å². The molecule has 2 aliphatic heterocycles. The van der Waals surface area contributed by atoms with Crippen LogP contribution in [0.15, 0.2) is 53.0 Å². The summed E-state index contributed by atoms with van der Waals surface area (Å²) in [6.45, 7) is 31.4. The van der Waals surface area contributed by atoms with Crippen molar-refractivity contribution in [3.63, 3.8) is 0 Å². The first-order valence-corrected chi connectivity index (χ1v) is 18.6. The number of benzene rings is 2. The molecule has 276 valence electrons. The van der Waals surface area contributed by atoms with Crippen molar-refractivity contribution in [3.05, 3.63) is 64.1 Å². The molecule has 2 aromatic rings. The van der Waals surface area contributed by atoms with Crippen LogP contribution >= 0.6 is 15.9 Å². The minimum absolute atomic E-state index is 0.171. The Kier molecular flexibility index (Phi) is 16.0. The van der Waals surface area contributed by atoms with Crippen molar-refractivity contribution in [1.82, 2.24) is 15.1 Å². The van der Waals surface area contributed by atoms with Gasteiger partial charge in [-0.25, -0.2) is 9.59 Å². The van der Waals surface area contributed by atoms with E-state index in [1.54, 1.807) is 4.90 Å². The van der Waals surface area contributed by atoms with Gasteiger partial charge >= 0.3 is 12.2 Å². The van der Waals surface area contributed by atoms with Crippen LogP contribution in [-0.4, -0.2) is 85.5 Å². The van der Waals surface area contributed by atoms with Crippen LogP contribution < -0.4 is 10.2 Å². The van der Waals surface area contributed by atoms with E-state index in [2.05, 4.69) is 116 Å². The number of halogens is 1. The van der Waals surface area contributed by atoms with E-state index in [1.165, 1.54) is 16.8 Å². The number of anilines is 1. The highest BCUT2D eigenvalue weighted by Crippen LogP contribution is 2.26. The Bertz CT molecular complexity index is 1280. The average molecular weight is 746 g/mol. The van der Waals surface area contributed by atoms with E-state index < -0.39 is 11.2 Å². The molecule has 0 aliphatic carbocycles. The summed E-state index contributed by atoms with van der Waals surface area (Å²) in [5.41, 5.74) is 3.56. The second-order valence-corrected chi connectivity index (χ2v) is 17.8. The van der Waals surface area contributed by atoms with Crippen molar-refractivity contribution in [3.8, 4) is 0 Å². The molecule has 0 saturated carbocycles. The molecule has 0 aromatic heterocycles. The molecule has 4 rings (SSSR count).